The van der Waals surface area contributed by atoms with E-state index in [1.54, 1.807) is 12.1 Å². The van der Waals surface area contributed by atoms with Crippen molar-refractivity contribution in [3.05, 3.63) is 57.7 Å². The van der Waals surface area contributed by atoms with Crippen LogP contribution in [0.25, 0.3) is 6.08 Å². The van der Waals surface area contributed by atoms with Crippen LogP contribution in [0.5, 0.6) is 0 Å². The normalized spacial score (nSPS) is 10.7. The number of anilines is 1. The van der Waals surface area contributed by atoms with Crippen molar-refractivity contribution in [3.8, 4) is 0 Å². The van der Waals surface area contributed by atoms with Gasteiger partial charge in [-0.15, -0.1) is 0 Å². The number of ether oxygens (including phenoxy) is 1. The summed E-state index contributed by atoms with van der Waals surface area (Å²) in [5.41, 5.74) is -0.0884. The van der Waals surface area contributed by atoms with Crippen molar-refractivity contribution >= 4 is 51.2 Å². The van der Waals surface area contributed by atoms with Gasteiger partial charge in [0.25, 0.3) is 5.91 Å². The Labute approximate surface area is 144 Å². The summed E-state index contributed by atoms with van der Waals surface area (Å²) in [7, 11) is 0. The first kappa shape index (κ1) is 17.2. The zero-order chi connectivity index (χ0) is 16.8. The first-order chi connectivity index (χ1) is 10.9. The molecule has 23 heavy (non-hydrogen) atoms. The van der Waals surface area contributed by atoms with Crippen LogP contribution in [0.2, 0.25) is 5.02 Å². The van der Waals surface area contributed by atoms with E-state index in [9.17, 15) is 14.0 Å². The Hall–Kier alpha value is -2.12. The monoisotopic (exact) mass is 401 g/mol. The molecule has 0 atom stereocenters. The molecular weight excluding hydrogens is 393 g/mol. The van der Waals surface area contributed by atoms with Crippen LogP contribution in [0.1, 0.15) is 5.76 Å². The lowest BCUT2D eigenvalue weighted by atomic mass is 10.3. The Bertz CT molecular complexity index is 760. The highest BCUT2D eigenvalue weighted by Gasteiger charge is 2.09. The van der Waals surface area contributed by atoms with Gasteiger partial charge in [0.2, 0.25) is 0 Å². The topological polar surface area (TPSA) is 68.5 Å². The number of amides is 1. The third kappa shape index (κ3) is 5.54. The summed E-state index contributed by atoms with van der Waals surface area (Å²) in [5, 5.41) is 2.53. The zero-order valence-corrected chi connectivity index (χ0v) is 13.9. The molecule has 8 heteroatoms. The van der Waals surface area contributed by atoms with Gasteiger partial charge >= 0.3 is 5.97 Å². The lowest BCUT2D eigenvalue weighted by Gasteiger charge is -2.06. The maximum Gasteiger partial charge on any atom is 0.331 e. The maximum atomic E-state index is 13.4. The summed E-state index contributed by atoms with van der Waals surface area (Å²) in [6, 6.07) is 7.03. The molecule has 0 fully saturated rings. The van der Waals surface area contributed by atoms with E-state index in [0.29, 0.717) is 10.4 Å². The molecule has 0 aliphatic heterocycles. The van der Waals surface area contributed by atoms with E-state index in [1.807, 2.05) is 0 Å². The zero-order valence-electron chi connectivity index (χ0n) is 11.5. The highest BCUT2D eigenvalue weighted by atomic mass is 79.9. The standard InChI is InChI=1S/C15H10BrClFNO4/c16-13-5-2-10(23-13)3-6-15(21)22-8-14(20)19-12-7-9(17)1-4-11(12)18/h1-7H,8H2,(H,19,20)/b6-3+. The highest BCUT2D eigenvalue weighted by Crippen LogP contribution is 2.19. The number of halogens is 3. The van der Waals surface area contributed by atoms with Crippen molar-refractivity contribution < 1.29 is 23.1 Å². The number of rotatable bonds is 5. The molecule has 0 spiro atoms. The van der Waals surface area contributed by atoms with Crippen LogP contribution in [-0.2, 0) is 14.3 Å². The van der Waals surface area contributed by atoms with Gasteiger partial charge in [0.15, 0.2) is 11.3 Å². The lowest BCUT2D eigenvalue weighted by Crippen LogP contribution is -2.20. The minimum Gasteiger partial charge on any atom is -0.452 e. The number of esters is 1. The van der Waals surface area contributed by atoms with Crippen molar-refractivity contribution in [2.75, 3.05) is 11.9 Å². The molecule has 2 aromatic rings. The molecule has 1 amide bonds. The van der Waals surface area contributed by atoms with E-state index in [1.165, 1.54) is 18.2 Å². The average Bonchev–Trinajstić information content (AvgIpc) is 2.92. The number of hydrogen-bond acceptors (Lipinski definition) is 4. The molecule has 0 aliphatic rings. The van der Waals surface area contributed by atoms with E-state index >= 15 is 0 Å². The van der Waals surface area contributed by atoms with Crippen molar-refractivity contribution in [1.82, 2.24) is 0 Å². The first-order valence-electron chi connectivity index (χ1n) is 6.29. The molecular formula is C15H10BrClFNO4. The number of carbonyl (C=O) groups is 2. The van der Waals surface area contributed by atoms with Gasteiger partial charge in [-0.25, -0.2) is 9.18 Å². The predicted molar refractivity (Wildman–Crippen MR) is 86.4 cm³/mol. The fourth-order valence-electron chi connectivity index (χ4n) is 1.53. The van der Waals surface area contributed by atoms with Crippen LogP contribution in [0.4, 0.5) is 10.1 Å². The maximum absolute atomic E-state index is 13.4. The smallest absolute Gasteiger partial charge is 0.331 e. The Morgan fingerprint density at radius 2 is 2.13 bits per heavy atom. The molecule has 1 N–H and O–H groups in total. The molecule has 0 saturated heterocycles. The van der Waals surface area contributed by atoms with Gasteiger partial charge in [-0.3, -0.25) is 4.79 Å². The molecule has 2 rings (SSSR count). The molecule has 0 saturated carbocycles. The average molecular weight is 403 g/mol. The second-order valence-electron chi connectivity index (χ2n) is 4.26. The van der Waals surface area contributed by atoms with E-state index < -0.39 is 24.3 Å². The van der Waals surface area contributed by atoms with Crippen molar-refractivity contribution in [3.63, 3.8) is 0 Å². The third-order valence-electron chi connectivity index (χ3n) is 2.53. The summed E-state index contributed by atoms with van der Waals surface area (Å²) >= 11 is 8.83. The van der Waals surface area contributed by atoms with Crippen LogP contribution in [0, 0.1) is 5.82 Å². The van der Waals surface area contributed by atoms with E-state index in [-0.39, 0.29) is 10.7 Å². The van der Waals surface area contributed by atoms with Crippen molar-refractivity contribution in [2.24, 2.45) is 0 Å². The fourth-order valence-corrected chi connectivity index (χ4v) is 2.02. The SMILES string of the molecule is O=C(COC(=O)/C=C/c1ccc(Br)o1)Nc1cc(Cl)ccc1F. The quantitative estimate of drug-likeness (QED) is 0.606. The highest BCUT2D eigenvalue weighted by molar-refractivity contribution is 9.10. The van der Waals surface area contributed by atoms with Crippen LogP contribution in [-0.4, -0.2) is 18.5 Å². The number of furan rings is 1. The molecule has 1 aromatic carbocycles. The third-order valence-corrected chi connectivity index (χ3v) is 3.19. The summed E-state index contributed by atoms with van der Waals surface area (Å²) in [5.74, 6) is -1.62. The van der Waals surface area contributed by atoms with Gasteiger partial charge in [-0.05, 0) is 52.3 Å². The molecule has 1 aromatic heterocycles. The summed E-state index contributed by atoms with van der Waals surface area (Å²) in [6.45, 7) is -0.559. The molecule has 120 valence electrons. The van der Waals surface area contributed by atoms with Gasteiger partial charge in [0, 0.05) is 11.1 Å². The van der Waals surface area contributed by atoms with Crippen molar-refractivity contribution in [1.29, 1.82) is 0 Å². The number of nitrogens with one attached hydrogen (secondary N) is 1. The van der Waals surface area contributed by atoms with Crippen LogP contribution < -0.4 is 5.32 Å². The summed E-state index contributed by atoms with van der Waals surface area (Å²) in [4.78, 5) is 23.1. The van der Waals surface area contributed by atoms with Gasteiger partial charge in [0.05, 0.1) is 5.69 Å². The first-order valence-corrected chi connectivity index (χ1v) is 7.46. The lowest BCUT2D eigenvalue weighted by molar-refractivity contribution is -0.142. The summed E-state index contributed by atoms with van der Waals surface area (Å²) < 4.78 is 23.8. The Kier molecular flexibility index (Phi) is 5.95. The number of carbonyl (C=O) groups excluding carboxylic acids is 2. The Morgan fingerprint density at radius 3 is 2.83 bits per heavy atom. The van der Waals surface area contributed by atoms with Crippen LogP contribution >= 0.6 is 27.5 Å². The minimum absolute atomic E-state index is 0.0884. The number of benzene rings is 1. The van der Waals surface area contributed by atoms with E-state index in [2.05, 4.69) is 21.2 Å². The van der Waals surface area contributed by atoms with Gasteiger partial charge < -0.3 is 14.5 Å². The molecule has 0 bridgehead atoms. The van der Waals surface area contributed by atoms with E-state index in [0.717, 1.165) is 12.1 Å². The predicted octanol–water partition coefficient (Wildman–Crippen LogP) is 4.03. The molecule has 0 aliphatic carbocycles. The Morgan fingerprint density at radius 1 is 1.35 bits per heavy atom. The summed E-state index contributed by atoms with van der Waals surface area (Å²) in [6.07, 6.45) is 2.50. The molecule has 5 nitrogen and oxygen atoms in total. The number of hydrogen-bond donors (Lipinski definition) is 1. The fraction of sp³-hybridized carbons (Fsp3) is 0.0667. The molecule has 1 heterocycles. The second-order valence-corrected chi connectivity index (χ2v) is 5.47. The van der Waals surface area contributed by atoms with Gasteiger partial charge in [-0.1, -0.05) is 11.6 Å². The van der Waals surface area contributed by atoms with Crippen LogP contribution in [0.3, 0.4) is 0 Å². The molecule has 0 radical (unpaired) electrons. The minimum atomic E-state index is -0.737. The van der Waals surface area contributed by atoms with Gasteiger partial charge in [-0.2, -0.15) is 0 Å². The Balaban J connectivity index is 1.83. The van der Waals surface area contributed by atoms with Gasteiger partial charge in [0.1, 0.15) is 11.6 Å². The van der Waals surface area contributed by atoms with E-state index in [4.69, 9.17) is 20.8 Å². The largest absolute Gasteiger partial charge is 0.452 e. The van der Waals surface area contributed by atoms with Crippen molar-refractivity contribution in [2.45, 2.75) is 0 Å². The second kappa shape index (κ2) is 7.94. The molecule has 0 unspecified atom stereocenters. The van der Waals surface area contributed by atoms with Crippen LogP contribution in [0.15, 0.2) is 45.5 Å².